The number of amides is 1. The highest BCUT2D eigenvalue weighted by Crippen LogP contribution is 2.33. The molecule has 192 valence electrons. The van der Waals surface area contributed by atoms with Gasteiger partial charge in [-0.05, 0) is 44.0 Å². The Morgan fingerprint density at radius 2 is 1.86 bits per heavy atom. The molecule has 2 aromatic heterocycles. The second kappa shape index (κ2) is 10.2. The van der Waals surface area contributed by atoms with E-state index in [0.29, 0.717) is 18.4 Å². The van der Waals surface area contributed by atoms with Gasteiger partial charge in [0.25, 0.3) is 0 Å². The van der Waals surface area contributed by atoms with Gasteiger partial charge in [0, 0.05) is 46.9 Å². The van der Waals surface area contributed by atoms with Crippen molar-refractivity contribution in [2.75, 3.05) is 0 Å². The number of carbonyl (C=O) groups excluding carboxylic acids is 1. The third kappa shape index (κ3) is 5.50. The number of sulfonamides is 1. The van der Waals surface area contributed by atoms with Crippen LogP contribution < -0.4 is 5.32 Å². The SMILES string of the molecule is C[C@H]1CC[C@@H](C(=O)NCc2cn(-c3cnc(C(F)(F)I)nc3)nc2Cl)N1S(=O)(=O)c1ccc(F)cc1. The number of nitrogens with zero attached hydrogens (tertiary/aromatic N) is 5. The monoisotopic (exact) mass is 654 g/mol. The van der Waals surface area contributed by atoms with Crippen molar-refractivity contribution in [3.63, 3.8) is 0 Å². The van der Waals surface area contributed by atoms with Gasteiger partial charge in [0.2, 0.25) is 21.8 Å². The summed E-state index contributed by atoms with van der Waals surface area (Å²) in [6.45, 7) is 1.65. The average molecular weight is 655 g/mol. The minimum atomic E-state index is -4.04. The second-order valence-corrected chi connectivity index (χ2v) is 11.7. The summed E-state index contributed by atoms with van der Waals surface area (Å²) in [4.78, 5) is 20.2. The fourth-order valence-corrected chi connectivity index (χ4v) is 6.18. The van der Waals surface area contributed by atoms with Gasteiger partial charge in [-0.15, -0.1) is 0 Å². The number of aromatic nitrogens is 4. The van der Waals surface area contributed by atoms with E-state index in [-0.39, 0.29) is 22.3 Å². The maximum absolute atomic E-state index is 13.3. The lowest BCUT2D eigenvalue weighted by atomic mass is 10.2. The summed E-state index contributed by atoms with van der Waals surface area (Å²) < 4.78 is 65.5. The van der Waals surface area contributed by atoms with Crippen LogP contribution >= 0.6 is 34.2 Å². The Morgan fingerprint density at radius 1 is 1.22 bits per heavy atom. The lowest BCUT2D eigenvalue weighted by Crippen LogP contribution is -2.48. The van der Waals surface area contributed by atoms with E-state index < -0.39 is 43.6 Å². The van der Waals surface area contributed by atoms with Crippen LogP contribution in [0.25, 0.3) is 5.69 Å². The first-order valence-electron chi connectivity index (χ1n) is 10.6. The molecule has 1 amide bonds. The van der Waals surface area contributed by atoms with Crippen molar-refractivity contribution in [1.82, 2.24) is 29.4 Å². The molecule has 2 atom stereocenters. The van der Waals surface area contributed by atoms with Crippen LogP contribution in [0.5, 0.6) is 0 Å². The summed E-state index contributed by atoms with van der Waals surface area (Å²) in [5.41, 5.74) is 0.687. The molecular formula is C21H19ClF3IN6O3S. The van der Waals surface area contributed by atoms with Crippen molar-refractivity contribution in [1.29, 1.82) is 0 Å². The molecule has 1 N–H and O–H groups in total. The Balaban J connectivity index is 1.47. The van der Waals surface area contributed by atoms with Crippen molar-refractivity contribution in [2.45, 2.75) is 47.2 Å². The maximum atomic E-state index is 13.3. The molecule has 15 heteroatoms. The quantitative estimate of drug-likeness (QED) is 0.307. The van der Waals surface area contributed by atoms with Gasteiger partial charge in [-0.3, -0.25) is 4.79 Å². The standard InChI is InChI=1S/C21H19ClF3IN6O3S/c1-12-2-7-17(32(12)36(34,35)16-5-3-14(23)4-6-16)19(33)27-8-13-11-31(30-18(13)22)15-9-28-20(29-10-15)21(24,25)26/h3-6,9-12,17H,2,7-8H2,1H3,(H,27,33)/t12-,17-/m0/s1. The first-order valence-corrected chi connectivity index (χ1v) is 13.5. The van der Waals surface area contributed by atoms with Crippen LogP contribution in [0, 0.1) is 5.82 Å². The van der Waals surface area contributed by atoms with Crippen LogP contribution in [0.1, 0.15) is 31.2 Å². The predicted molar refractivity (Wildman–Crippen MR) is 132 cm³/mol. The smallest absolute Gasteiger partial charge is 0.350 e. The van der Waals surface area contributed by atoms with E-state index in [4.69, 9.17) is 11.6 Å². The lowest BCUT2D eigenvalue weighted by Gasteiger charge is -2.27. The summed E-state index contributed by atoms with van der Waals surface area (Å²) in [6, 6.07) is 3.04. The molecule has 9 nitrogen and oxygen atoms in total. The van der Waals surface area contributed by atoms with Crippen molar-refractivity contribution in [3.8, 4) is 5.69 Å². The fourth-order valence-electron chi connectivity index (χ4n) is 3.87. The van der Waals surface area contributed by atoms with Crippen LogP contribution in [-0.2, 0) is 25.3 Å². The van der Waals surface area contributed by atoms with Gasteiger partial charge in [0.1, 0.15) is 17.5 Å². The number of hydrogen-bond acceptors (Lipinski definition) is 6. The zero-order chi connectivity index (χ0) is 26.3. The highest BCUT2D eigenvalue weighted by molar-refractivity contribution is 14.1. The van der Waals surface area contributed by atoms with Crippen molar-refractivity contribution in [3.05, 3.63) is 65.2 Å². The molecule has 0 bridgehead atoms. The number of carbonyl (C=O) groups is 1. The molecule has 0 unspecified atom stereocenters. The van der Waals surface area contributed by atoms with Gasteiger partial charge in [0.15, 0.2) is 5.15 Å². The molecule has 1 aromatic carbocycles. The van der Waals surface area contributed by atoms with Crippen molar-refractivity contribution < 1.29 is 26.4 Å². The minimum absolute atomic E-state index is 0.0502. The van der Waals surface area contributed by atoms with Crippen LogP contribution in [0.3, 0.4) is 0 Å². The van der Waals surface area contributed by atoms with Crippen LogP contribution in [0.2, 0.25) is 5.15 Å². The second-order valence-electron chi connectivity index (χ2n) is 8.10. The zero-order valence-electron chi connectivity index (χ0n) is 18.6. The van der Waals surface area contributed by atoms with E-state index in [9.17, 15) is 26.4 Å². The van der Waals surface area contributed by atoms with E-state index in [2.05, 4.69) is 20.4 Å². The first kappa shape index (κ1) is 26.8. The first-order chi connectivity index (χ1) is 16.9. The van der Waals surface area contributed by atoms with Gasteiger partial charge < -0.3 is 5.32 Å². The predicted octanol–water partition coefficient (Wildman–Crippen LogP) is 3.80. The third-order valence-corrected chi connectivity index (χ3v) is 8.48. The molecule has 0 radical (unpaired) electrons. The normalized spacial score (nSPS) is 18.9. The minimum Gasteiger partial charge on any atom is -0.350 e. The molecule has 3 aromatic rings. The highest BCUT2D eigenvalue weighted by Gasteiger charge is 2.43. The number of alkyl halides is 3. The summed E-state index contributed by atoms with van der Waals surface area (Å²) in [5, 5.41) is 6.82. The lowest BCUT2D eigenvalue weighted by molar-refractivity contribution is -0.124. The van der Waals surface area contributed by atoms with Crippen LogP contribution in [0.4, 0.5) is 13.2 Å². The molecule has 0 spiro atoms. The fraction of sp³-hybridized carbons (Fsp3) is 0.333. The summed E-state index contributed by atoms with van der Waals surface area (Å²) in [6.07, 6.45) is 4.60. The van der Waals surface area contributed by atoms with Gasteiger partial charge >= 0.3 is 3.93 Å². The Kier molecular flexibility index (Phi) is 7.60. The van der Waals surface area contributed by atoms with Crippen molar-refractivity contribution in [2.24, 2.45) is 0 Å². The van der Waals surface area contributed by atoms with Gasteiger partial charge in [0.05, 0.1) is 17.3 Å². The van der Waals surface area contributed by atoms with E-state index in [1.165, 1.54) is 23.3 Å². The van der Waals surface area contributed by atoms with E-state index in [1.54, 1.807) is 6.92 Å². The molecule has 36 heavy (non-hydrogen) atoms. The topological polar surface area (TPSA) is 110 Å². The van der Waals surface area contributed by atoms with Crippen LogP contribution in [0.15, 0.2) is 47.8 Å². The molecule has 1 aliphatic rings. The highest BCUT2D eigenvalue weighted by atomic mass is 127. The summed E-state index contributed by atoms with van der Waals surface area (Å²) in [5.74, 6) is -1.74. The summed E-state index contributed by atoms with van der Waals surface area (Å²) >= 11 is 7.10. The Labute approximate surface area is 223 Å². The number of nitrogens with one attached hydrogen (secondary N) is 1. The van der Waals surface area contributed by atoms with Gasteiger partial charge in [-0.2, -0.15) is 18.2 Å². The van der Waals surface area contributed by atoms with E-state index >= 15 is 0 Å². The number of rotatable bonds is 7. The van der Waals surface area contributed by atoms with Gasteiger partial charge in [-0.1, -0.05) is 11.6 Å². The Bertz CT molecular complexity index is 1370. The summed E-state index contributed by atoms with van der Waals surface area (Å²) in [7, 11) is -4.04. The zero-order valence-corrected chi connectivity index (χ0v) is 22.3. The molecule has 1 fully saturated rings. The van der Waals surface area contributed by atoms with Gasteiger partial charge in [-0.25, -0.2) is 27.5 Å². The molecule has 1 saturated heterocycles. The Hall–Kier alpha value is -2.30. The molecule has 0 saturated carbocycles. The van der Waals surface area contributed by atoms with E-state index in [1.807, 2.05) is 0 Å². The number of benzene rings is 1. The molecule has 1 aliphatic heterocycles. The average Bonchev–Trinajstić information content (AvgIpc) is 3.40. The molecule has 0 aliphatic carbocycles. The largest absolute Gasteiger partial charge is 0.354 e. The van der Waals surface area contributed by atoms with Crippen molar-refractivity contribution >= 4 is 50.1 Å². The maximum Gasteiger partial charge on any atom is 0.354 e. The molecular weight excluding hydrogens is 636 g/mol. The van der Waals surface area contributed by atoms with E-state index in [0.717, 1.165) is 51.2 Å². The number of halogens is 5. The molecule has 3 heterocycles. The Morgan fingerprint density at radius 3 is 2.47 bits per heavy atom. The van der Waals surface area contributed by atoms with Crippen LogP contribution in [-0.4, -0.2) is 50.5 Å². The number of hydrogen-bond donors (Lipinski definition) is 1. The molecule has 4 rings (SSSR count). The third-order valence-electron chi connectivity index (χ3n) is 5.64.